The molecular weight excluding hydrogens is 284 g/mol. The summed E-state index contributed by atoms with van der Waals surface area (Å²) in [5, 5.41) is 0.848. The van der Waals surface area contributed by atoms with Crippen LogP contribution in [-0.2, 0) is 12.8 Å². The maximum atomic E-state index is 13.3. The van der Waals surface area contributed by atoms with Crippen molar-refractivity contribution >= 4 is 23.2 Å². The fourth-order valence-electron chi connectivity index (χ4n) is 2.01. The maximum absolute atomic E-state index is 13.3. The van der Waals surface area contributed by atoms with Gasteiger partial charge in [0.05, 0.1) is 5.02 Å². The second-order valence-corrected chi connectivity index (χ2v) is 5.26. The minimum Gasteiger partial charge on any atom is -0.327 e. The summed E-state index contributed by atoms with van der Waals surface area (Å²) in [6.07, 6.45) is 1.15. The molecule has 2 N–H and O–H groups in total. The van der Waals surface area contributed by atoms with Gasteiger partial charge in [-0.1, -0.05) is 53.5 Å². The SMILES string of the molecule is NC(Cc1ccccc1Cl)Cc1cccc(F)c1Cl. The van der Waals surface area contributed by atoms with Crippen LogP contribution in [0.15, 0.2) is 42.5 Å². The molecule has 0 aliphatic heterocycles. The van der Waals surface area contributed by atoms with Crippen LogP contribution in [0.25, 0.3) is 0 Å². The van der Waals surface area contributed by atoms with Gasteiger partial charge in [-0.05, 0) is 36.1 Å². The number of rotatable bonds is 4. The molecule has 0 saturated heterocycles. The number of benzene rings is 2. The van der Waals surface area contributed by atoms with Crippen LogP contribution in [0, 0.1) is 5.82 Å². The van der Waals surface area contributed by atoms with Crippen molar-refractivity contribution in [1.29, 1.82) is 0 Å². The molecule has 0 heterocycles. The average molecular weight is 298 g/mol. The molecule has 1 atom stereocenters. The number of halogens is 3. The lowest BCUT2D eigenvalue weighted by atomic mass is 9.99. The molecule has 1 unspecified atom stereocenters. The number of nitrogens with two attached hydrogens (primary N) is 1. The first kappa shape index (κ1) is 14.3. The molecular formula is C15H14Cl2FN. The first-order valence-corrected chi connectivity index (χ1v) is 6.75. The van der Waals surface area contributed by atoms with Crippen molar-refractivity contribution in [2.75, 3.05) is 0 Å². The Morgan fingerprint density at radius 2 is 1.58 bits per heavy atom. The highest BCUT2D eigenvalue weighted by Crippen LogP contribution is 2.22. The Morgan fingerprint density at radius 3 is 2.32 bits per heavy atom. The molecule has 4 heteroatoms. The highest BCUT2D eigenvalue weighted by molar-refractivity contribution is 6.31. The third kappa shape index (κ3) is 3.69. The standard InChI is InChI=1S/C15H14Cl2FN/c16-13-6-2-1-4-10(13)8-12(19)9-11-5-3-7-14(18)15(11)17/h1-7,12H,8-9,19H2. The van der Waals surface area contributed by atoms with Crippen LogP contribution in [0.2, 0.25) is 10.0 Å². The fourth-order valence-corrected chi connectivity index (χ4v) is 2.42. The first-order chi connectivity index (χ1) is 9.08. The van der Waals surface area contributed by atoms with Crippen molar-refractivity contribution in [3.63, 3.8) is 0 Å². The molecule has 2 rings (SSSR count). The topological polar surface area (TPSA) is 26.0 Å². The smallest absolute Gasteiger partial charge is 0.142 e. The van der Waals surface area contributed by atoms with Crippen LogP contribution >= 0.6 is 23.2 Å². The Hall–Kier alpha value is -1.09. The van der Waals surface area contributed by atoms with Crippen molar-refractivity contribution < 1.29 is 4.39 Å². The predicted molar refractivity (Wildman–Crippen MR) is 78.2 cm³/mol. The molecule has 0 aliphatic rings. The average Bonchev–Trinajstić information content (AvgIpc) is 2.38. The molecule has 0 amide bonds. The van der Waals surface area contributed by atoms with Gasteiger partial charge in [-0.2, -0.15) is 0 Å². The molecule has 0 radical (unpaired) electrons. The van der Waals surface area contributed by atoms with E-state index >= 15 is 0 Å². The van der Waals surface area contributed by atoms with Gasteiger partial charge in [-0.15, -0.1) is 0 Å². The van der Waals surface area contributed by atoms with Crippen LogP contribution in [0.1, 0.15) is 11.1 Å². The molecule has 1 nitrogen and oxygen atoms in total. The largest absolute Gasteiger partial charge is 0.327 e. The van der Waals surface area contributed by atoms with Crippen molar-refractivity contribution in [2.45, 2.75) is 18.9 Å². The van der Waals surface area contributed by atoms with Crippen molar-refractivity contribution in [3.8, 4) is 0 Å². The zero-order valence-corrected chi connectivity index (χ0v) is 11.8. The molecule has 0 aliphatic carbocycles. The highest BCUT2D eigenvalue weighted by atomic mass is 35.5. The van der Waals surface area contributed by atoms with Gasteiger partial charge in [0, 0.05) is 11.1 Å². The molecule has 19 heavy (non-hydrogen) atoms. The Bertz CT molecular complexity index is 572. The van der Waals surface area contributed by atoms with Crippen LogP contribution in [0.5, 0.6) is 0 Å². The van der Waals surface area contributed by atoms with Gasteiger partial charge in [-0.3, -0.25) is 0 Å². The Balaban J connectivity index is 2.08. The molecule has 0 fully saturated rings. The van der Waals surface area contributed by atoms with Gasteiger partial charge < -0.3 is 5.73 Å². The summed E-state index contributed by atoms with van der Waals surface area (Å²) in [4.78, 5) is 0. The molecule has 0 spiro atoms. The molecule has 0 aromatic heterocycles. The van der Waals surface area contributed by atoms with Gasteiger partial charge in [0.2, 0.25) is 0 Å². The van der Waals surface area contributed by atoms with Crippen LogP contribution in [0.4, 0.5) is 4.39 Å². The number of hydrogen-bond donors (Lipinski definition) is 1. The molecule has 100 valence electrons. The molecule has 0 bridgehead atoms. The highest BCUT2D eigenvalue weighted by Gasteiger charge is 2.12. The lowest BCUT2D eigenvalue weighted by molar-refractivity contribution is 0.618. The lowest BCUT2D eigenvalue weighted by Gasteiger charge is -2.14. The van der Waals surface area contributed by atoms with E-state index in [0.29, 0.717) is 17.9 Å². The van der Waals surface area contributed by atoms with Gasteiger partial charge in [0.1, 0.15) is 5.82 Å². The summed E-state index contributed by atoms with van der Waals surface area (Å²) in [7, 11) is 0. The van der Waals surface area contributed by atoms with E-state index < -0.39 is 5.82 Å². The van der Waals surface area contributed by atoms with Crippen LogP contribution in [-0.4, -0.2) is 6.04 Å². The fraction of sp³-hybridized carbons (Fsp3) is 0.200. The first-order valence-electron chi connectivity index (χ1n) is 6.00. The number of hydrogen-bond acceptors (Lipinski definition) is 1. The third-order valence-corrected chi connectivity index (χ3v) is 3.75. The minimum atomic E-state index is -0.413. The van der Waals surface area contributed by atoms with Crippen molar-refractivity contribution in [1.82, 2.24) is 0 Å². The van der Waals surface area contributed by atoms with E-state index in [1.165, 1.54) is 6.07 Å². The normalized spacial score (nSPS) is 12.4. The Labute approximate surface area is 122 Å². The van der Waals surface area contributed by atoms with Crippen molar-refractivity contribution in [2.24, 2.45) is 5.73 Å². The van der Waals surface area contributed by atoms with Gasteiger partial charge in [0.25, 0.3) is 0 Å². The molecule has 2 aromatic rings. The summed E-state index contributed by atoms with van der Waals surface area (Å²) < 4.78 is 13.3. The van der Waals surface area contributed by atoms with E-state index in [0.717, 1.165) is 11.1 Å². The summed E-state index contributed by atoms with van der Waals surface area (Å²) in [5.41, 5.74) is 7.80. The van der Waals surface area contributed by atoms with Crippen LogP contribution < -0.4 is 5.73 Å². The van der Waals surface area contributed by atoms with E-state index in [9.17, 15) is 4.39 Å². The second kappa shape index (κ2) is 6.38. The maximum Gasteiger partial charge on any atom is 0.142 e. The zero-order chi connectivity index (χ0) is 13.8. The quantitative estimate of drug-likeness (QED) is 0.897. The van der Waals surface area contributed by atoms with Crippen LogP contribution in [0.3, 0.4) is 0 Å². The Morgan fingerprint density at radius 1 is 0.947 bits per heavy atom. The predicted octanol–water partition coefficient (Wildman–Crippen LogP) is 4.25. The van der Waals surface area contributed by atoms with E-state index in [1.54, 1.807) is 12.1 Å². The Kier molecular flexibility index (Phi) is 4.81. The van der Waals surface area contributed by atoms with Gasteiger partial charge in [-0.25, -0.2) is 4.39 Å². The van der Waals surface area contributed by atoms with Gasteiger partial charge >= 0.3 is 0 Å². The van der Waals surface area contributed by atoms with E-state index in [1.807, 2.05) is 24.3 Å². The lowest BCUT2D eigenvalue weighted by Crippen LogP contribution is -2.25. The summed E-state index contributed by atoms with van der Waals surface area (Å²) in [6, 6.07) is 12.2. The van der Waals surface area contributed by atoms with Crippen molar-refractivity contribution in [3.05, 3.63) is 69.5 Å². The zero-order valence-electron chi connectivity index (χ0n) is 10.2. The van der Waals surface area contributed by atoms with E-state index in [2.05, 4.69) is 0 Å². The third-order valence-electron chi connectivity index (χ3n) is 2.95. The second-order valence-electron chi connectivity index (χ2n) is 4.47. The summed E-state index contributed by atoms with van der Waals surface area (Å²) in [5.74, 6) is -0.413. The van der Waals surface area contributed by atoms with E-state index in [-0.39, 0.29) is 11.1 Å². The van der Waals surface area contributed by atoms with Gasteiger partial charge in [0.15, 0.2) is 0 Å². The minimum absolute atomic E-state index is 0.150. The summed E-state index contributed by atoms with van der Waals surface area (Å²) in [6.45, 7) is 0. The molecule has 2 aromatic carbocycles. The monoisotopic (exact) mass is 297 g/mol. The molecule has 0 saturated carbocycles. The summed E-state index contributed by atoms with van der Waals surface area (Å²) >= 11 is 12.0. The van der Waals surface area contributed by atoms with E-state index in [4.69, 9.17) is 28.9 Å².